The van der Waals surface area contributed by atoms with Crippen LogP contribution in [0.5, 0.6) is 0 Å². The second-order valence-electron chi connectivity index (χ2n) is 9.11. The van der Waals surface area contributed by atoms with Crippen LogP contribution in [0.15, 0.2) is 72.8 Å². The van der Waals surface area contributed by atoms with Crippen LogP contribution in [0.25, 0.3) is 0 Å². The molecule has 3 aromatic rings. The molecule has 0 bridgehead atoms. The summed E-state index contributed by atoms with van der Waals surface area (Å²) in [4.78, 5) is 37.3. The zero-order chi connectivity index (χ0) is 27.3. The van der Waals surface area contributed by atoms with Crippen LogP contribution < -0.4 is 4.90 Å². The van der Waals surface area contributed by atoms with Gasteiger partial charge in [0.15, 0.2) is 5.69 Å². The van der Waals surface area contributed by atoms with Gasteiger partial charge in [0.1, 0.15) is 0 Å². The molecule has 0 fully saturated rings. The minimum Gasteiger partial charge on any atom is -0.462 e. The summed E-state index contributed by atoms with van der Waals surface area (Å²) in [6, 6.07) is 20.6. The van der Waals surface area contributed by atoms with Crippen molar-refractivity contribution in [3.63, 3.8) is 0 Å². The normalized spacial score (nSPS) is 10.7. The second kappa shape index (κ2) is 14.5. The number of hydrogen-bond acceptors (Lipinski definition) is 7. The summed E-state index contributed by atoms with van der Waals surface area (Å²) < 4.78 is 5.30. The van der Waals surface area contributed by atoms with Crippen LogP contribution in [0.4, 0.5) is 17.1 Å². The maximum absolute atomic E-state index is 12.7. The van der Waals surface area contributed by atoms with Gasteiger partial charge >= 0.3 is 17.3 Å². The highest BCUT2D eigenvalue weighted by atomic mass is 16.6. The third kappa shape index (κ3) is 8.12. The maximum Gasteiger partial charge on any atom is 0.338 e. The number of carbonyl (C=O) groups is 1. The molecule has 0 amide bonds. The molecule has 3 rings (SSSR count). The molecule has 0 radical (unpaired) electrons. The topological polar surface area (TPSA) is 116 Å². The van der Waals surface area contributed by atoms with E-state index in [9.17, 15) is 25.0 Å². The van der Waals surface area contributed by atoms with Gasteiger partial charge in [-0.2, -0.15) is 0 Å². The number of anilines is 1. The molecule has 0 N–H and O–H groups in total. The lowest BCUT2D eigenvalue weighted by Crippen LogP contribution is -2.24. The first-order chi connectivity index (χ1) is 18.4. The Morgan fingerprint density at radius 2 is 1.24 bits per heavy atom. The molecule has 9 nitrogen and oxygen atoms in total. The number of rotatable bonds is 15. The fourth-order valence-corrected chi connectivity index (χ4v) is 4.28. The molecule has 0 saturated carbocycles. The predicted molar refractivity (Wildman–Crippen MR) is 146 cm³/mol. The summed E-state index contributed by atoms with van der Waals surface area (Å²) in [5.74, 6) is -0.811. The molecule has 0 aliphatic heterocycles. The standard InChI is InChI=1S/C29H33N3O6/c1-2-3-4-5-6-13-18-38-29(33)25-19-26(31(34)35)28(27(20-25)32(36)37)30(21-23-14-9-7-10-15-23)22-24-16-11-8-12-17-24/h7-12,14-17,19-20H,2-6,13,18,21-22H2,1H3. The lowest BCUT2D eigenvalue weighted by molar-refractivity contribution is -0.392. The summed E-state index contributed by atoms with van der Waals surface area (Å²) >= 11 is 0. The molecule has 0 aliphatic carbocycles. The first kappa shape index (κ1) is 28.3. The van der Waals surface area contributed by atoms with E-state index in [-0.39, 0.29) is 30.9 Å². The van der Waals surface area contributed by atoms with Crippen molar-refractivity contribution in [1.29, 1.82) is 0 Å². The van der Waals surface area contributed by atoms with Crippen LogP contribution in [0, 0.1) is 20.2 Å². The van der Waals surface area contributed by atoms with Gasteiger partial charge in [0.2, 0.25) is 0 Å². The number of nitro groups is 2. The van der Waals surface area contributed by atoms with Gasteiger partial charge in [-0.05, 0) is 17.5 Å². The van der Waals surface area contributed by atoms with E-state index in [0.29, 0.717) is 6.42 Å². The number of nitro benzene ring substituents is 2. The Bertz CT molecular complexity index is 1140. The van der Waals surface area contributed by atoms with Gasteiger partial charge in [0, 0.05) is 25.2 Å². The van der Waals surface area contributed by atoms with Gasteiger partial charge in [-0.25, -0.2) is 4.79 Å². The Balaban J connectivity index is 1.93. The first-order valence-electron chi connectivity index (χ1n) is 12.9. The van der Waals surface area contributed by atoms with Gasteiger partial charge < -0.3 is 9.64 Å². The molecule has 200 valence electrons. The zero-order valence-corrected chi connectivity index (χ0v) is 21.6. The summed E-state index contributed by atoms with van der Waals surface area (Å²) in [6.45, 7) is 2.68. The molecular formula is C29H33N3O6. The van der Waals surface area contributed by atoms with E-state index < -0.39 is 27.2 Å². The van der Waals surface area contributed by atoms with Crippen LogP contribution in [-0.4, -0.2) is 22.4 Å². The first-order valence-corrected chi connectivity index (χ1v) is 12.9. The average Bonchev–Trinajstić information content (AvgIpc) is 2.92. The van der Waals surface area contributed by atoms with Crippen molar-refractivity contribution < 1.29 is 19.4 Å². The zero-order valence-electron chi connectivity index (χ0n) is 21.6. The Labute approximate surface area is 222 Å². The van der Waals surface area contributed by atoms with Crippen molar-refractivity contribution >= 4 is 23.0 Å². The number of hydrogen-bond donors (Lipinski definition) is 0. The van der Waals surface area contributed by atoms with Crippen LogP contribution in [0.2, 0.25) is 0 Å². The van der Waals surface area contributed by atoms with Gasteiger partial charge in [-0.15, -0.1) is 0 Å². The van der Waals surface area contributed by atoms with Gasteiger partial charge in [0.05, 0.1) is 22.0 Å². The molecule has 0 spiro atoms. The summed E-state index contributed by atoms with van der Waals surface area (Å²) in [6.07, 6.45) is 6.02. The Morgan fingerprint density at radius 3 is 1.71 bits per heavy atom. The third-order valence-corrected chi connectivity index (χ3v) is 6.18. The average molecular weight is 520 g/mol. The fraction of sp³-hybridized carbons (Fsp3) is 0.345. The minimum absolute atomic E-state index is 0.153. The van der Waals surface area contributed by atoms with E-state index in [4.69, 9.17) is 4.74 Å². The molecule has 9 heteroatoms. The largest absolute Gasteiger partial charge is 0.462 e. The molecular weight excluding hydrogens is 486 g/mol. The van der Waals surface area contributed by atoms with E-state index in [1.165, 1.54) is 0 Å². The molecule has 38 heavy (non-hydrogen) atoms. The highest BCUT2D eigenvalue weighted by molar-refractivity contribution is 5.94. The second-order valence-corrected chi connectivity index (χ2v) is 9.11. The van der Waals surface area contributed by atoms with E-state index in [1.807, 2.05) is 60.7 Å². The lowest BCUT2D eigenvalue weighted by atomic mass is 10.1. The van der Waals surface area contributed by atoms with Crippen LogP contribution in [0.1, 0.15) is 66.9 Å². The van der Waals surface area contributed by atoms with Crippen molar-refractivity contribution in [3.05, 3.63) is 110 Å². The van der Waals surface area contributed by atoms with Crippen molar-refractivity contribution in [2.24, 2.45) is 0 Å². The highest BCUT2D eigenvalue weighted by Gasteiger charge is 2.33. The number of nitrogens with zero attached hydrogens (tertiary/aromatic N) is 3. The molecule has 0 aromatic heterocycles. The van der Waals surface area contributed by atoms with E-state index in [0.717, 1.165) is 55.4 Å². The summed E-state index contributed by atoms with van der Waals surface area (Å²) in [7, 11) is 0. The number of benzene rings is 3. The minimum atomic E-state index is -0.811. The Kier molecular flexibility index (Phi) is 10.8. The number of carbonyl (C=O) groups excluding carboxylic acids is 1. The van der Waals surface area contributed by atoms with Crippen LogP contribution >= 0.6 is 0 Å². The smallest absolute Gasteiger partial charge is 0.338 e. The number of unbranched alkanes of at least 4 members (excludes halogenated alkanes) is 5. The monoisotopic (exact) mass is 519 g/mol. The van der Waals surface area contributed by atoms with Gasteiger partial charge in [-0.1, -0.05) is 99.7 Å². The summed E-state index contributed by atoms with van der Waals surface area (Å²) in [5, 5.41) is 24.3. The maximum atomic E-state index is 12.7. The molecule has 3 aromatic carbocycles. The van der Waals surface area contributed by atoms with Gasteiger partial charge in [0.25, 0.3) is 0 Å². The van der Waals surface area contributed by atoms with E-state index >= 15 is 0 Å². The van der Waals surface area contributed by atoms with Crippen molar-refractivity contribution in [2.75, 3.05) is 11.5 Å². The molecule has 0 aliphatic rings. The van der Waals surface area contributed by atoms with Crippen LogP contribution in [-0.2, 0) is 17.8 Å². The SMILES string of the molecule is CCCCCCCCOC(=O)c1cc([N+](=O)[O-])c(N(Cc2ccccc2)Cc2ccccc2)c([N+](=O)[O-])c1. The quantitative estimate of drug-likeness (QED) is 0.0900. The van der Waals surface area contributed by atoms with E-state index in [1.54, 1.807) is 4.90 Å². The predicted octanol–water partition coefficient (Wildman–Crippen LogP) is 7.23. The fourth-order valence-electron chi connectivity index (χ4n) is 4.28. The van der Waals surface area contributed by atoms with Crippen molar-refractivity contribution in [2.45, 2.75) is 58.5 Å². The summed E-state index contributed by atoms with van der Waals surface area (Å²) in [5.41, 5.74) is 0.261. The van der Waals surface area contributed by atoms with E-state index in [2.05, 4.69) is 6.92 Å². The highest BCUT2D eigenvalue weighted by Crippen LogP contribution is 2.40. The Morgan fingerprint density at radius 1 is 0.763 bits per heavy atom. The van der Waals surface area contributed by atoms with Gasteiger partial charge in [-0.3, -0.25) is 20.2 Å². The van der Waals surface area contributed by atoms with Crippen molar-refractivity contribution in [1.82, 2.24) is 0 Å². The number of ether oxygens (including phenoxy) is 1. The molecule has 0 unspecified atom stereocenters. The molecule has 0 heterocycles. The van der Waals surface area contributed by atoms with Crippen LogP contribution in [0.3, 0.4) is 0 Å². The third-order valence-electron chi connectivity index (χ3n) is 6.18. The van der Waals surface area contributed by atoms with Crippen molar-refractivity contribution in [3.8, 4) is 0 Å². The molecule has 0 saturated heterocycles. The molecule has 0 atom stereocenters. The Hall–Kier alpha value is -4.27. The lowest BCUT2D eigenvalue weighted by Gasteiger charge is -2.25. The number of esters is 1.